The van der Waals surface area contributed by atoms with E-state index in [1.165, 1.54) is 0 Å². The van der Waals surface area contributed by atoms with Crippen molar-refractivity contribution in [2.45, 2.75) is 46.1 Å². The maximum Gasteiger partial charge on any atom is 0.120 e. The third-order valence-corrected chi connectivity index (χ3v) is 2.86. The van der Waals surface area contributed by atoms with E-state index >= 15 is 0 Å². The molecular formula is C16H21ClO. The quantitative estimate of drug-likeness (QED) is 0.560. The molecule has 0 aliphatic heterocycles. The molecule has 2 heteroatoms. The van der Waals surface area contributed by atoms with Gasteiger partial charge in [-0.1, -0.05) is 25.2 Å². The number of hydrogen-bond donors (Lipinski definition) is 0. The van der Waals surface area contributed by atoms with Crippen molar-refractivity contribution >= 4 is 11.6 Å². The van der Waals surface area contributed by atoms with Gasteiger partial charge in [-0.3, -0.25) is 0 Å². The first-order chi connectivity index (χ1) is 8.67. The summed E-state index contributed by atoms with van der Waals surface area (Å²) in [7, 11) is 0. The van der Waals surface area contributed by atoms with Gasteiger partial charge in [0.05, 0.1) is 6.10 Å². The van der Waals surface area contributed by atoms with Crippen LogP contribution >= 0.6 is 11.6 Å². The van der Waals surface area contributed by atoms with Crippen LogP contribution in [0.5, 0.6) is 5.75 Å². The van der Waals surface area contributed by atoms with Crippen LogP contribution in [-0.2, 0) is 0 Å². The van der Waals surface area contributed by atoms with Gasteiger partial charge in [0.1, 0.15) is 5.75 Å². The number of alkyl halides is 1. The van der Waals surface area contributed by atoms with Crippen LogP contribution in [-0.4, -0.2) is 12.0 Å². The topological polar surface area (TPSA) is 9.23 Å². The fraction of sp³-hybridized carbons (Fsp3) is 0.500. The van der Waals surface area contributed by atoms with E-state index in [-0.39, 0.29) is 6.10 Å². The molecule has 0 heterocycles. The van der Waals surface area contributed by atoms with Gasteiger partial charge in [-0.2, -0.15) is 0 Å². The minimum absolute atomic E-state index is 0.266. The van der Waals surface area contributed by atoms with Crippen molar-refractivity contribution < 1.29 is 4.74 Å². The van der Waals surface area contributed by atoms with Crippen molar-refractivity contribution in [3.63, 3.8) is 0 Å². The number of aryl methyl sites for hydroxylation is 1. The Morgan fingerprint density at radius 2 is 2.17 bits per heavy atom. The van der Waals surface area contributed by atoms with E-state index in [4.69, 9.17) is 16.3 Å². The molecule has 0 aromatic heterocycles. The lowest BCUT2D eigenvalue weighted by atomic mass is 10.1. The van der Waals surface area contributed by atoms with Crippen LogP contribution in [0.15, 0.2) is 18.2 Å². The summed E-state index contributed by atoms with van der Waals surface area (Å²) in [5.74, 6) is 7.69. The molecule has 0 bridgehead atoms. The number of benzene rings is 1. The van der Waals surface area contributed by atoms with Crippen molar-refractivity contribution in [2.75, 3.05) is 5.88 Å². The molecule has 0 fully saturated rings. The second-order valence-electron chi connectivity index (χ2n) is 4.43. The summed E-state index contributed by atoms with van der Waals surface area (Å²) in [4.78, 5) is 0. The van der Waals surface area contributed by atoms with Gasteiger partial charge in [-0.15, -0.1) is 11.6 Å². The molecule has 0 radical (unpaired) electrons. The second-order valence-corrected chi connectivity index (χ2v) is 4.81. The Morgan fingerprint density at radius 1 is 1.39 bits per heavy atom. The smallest absolute Gasteiger partial charge is 0.120 e. The van der Waals surface area contributed by atoms with Crippen molar-refractivity contribution in [3.8, 4) is 17.6 Å². The van der Waals surface area contributed by atoms with E-state index in [1.807, 2.05) is 12.1 Å². The number of hydrogen-bond acceptors (Lipinski definition) is 1. The molecule has 1 aromatic rings. The zero-order valence-corrected chi connectivity index (χ0v) is 12.2. The van der Waals surface area contributed by atoms with Gasteiger partial charge in [0.25, 0.3) is 0 Å². The Morgan fingerprint density at radius 3 is 2.78 bits per heavy atom. The lowest BCUT2D eigenvalue weighted by Crippen LogP contribution is -2.11. The molecule has 1 aromatic carbocycles. The minimum Gasteiger partial charge on any atom is -0.491 e. The van der Waals surface area contributed by atoms with Gasteiger partial charge in [0, 0.05) is 17.9 Å². The number of rotatable bonds is 5. The molecule has 18 heavy (non-hydrogen) atoms. The zero-order chi connectivity index (χ0) is 13.4. The largest absolute Gasteiger partial charge is 0.491 e. The van der Waals surface area contributed by atoms with Crippen LogP contribution < -0.4 is 4.74 Å². The summed E-state index contributed by atoms with van der Waals surface area (Å²) in [5, 5.41) is 0. The minimum atomic E-state index is 0.266. The van der Waals surface area contributed by atoms with Crippen LogP contribution in [0.1, 0.15) is 44.2 Å². The summed E-state index contributed by atoms with van der Waals surface area (Å²) >= 11 is 5.60. The molecular weight excluding hydrogens is 244 g/mol. The molecule has 0 amide bonds. The summed E-state index contributed by atoms with van der Waals surface area (Å²) in [6, 6.07) is 6.06. The Bertz CT molecular complexity index is 428. The first-order valence-electron chi connectivity index (χ1n) is 6.49. The van der Waals surface area contributed by atoms with Crippen molar-refractivity contribution in [1.82, 2.24) is 0 Å². The second kappa shape index (κ2) is 8.06. The number of ether oxygens (including phenoxy) is 1. The third kappa shape index (κ3) is 5.02. The van der Waals surface area contributed by atoms with E-state index in [2.05, 4.69) is 38.7 Å². The lowest BCUT2D eigenvalue weighted by Gasteiger charge is -2.14. The van der Waals surface area contributed by atoms with Crippen LogP contribution in [0.25, 0.3) is 0 Å². The highest BCUT2D eigenvalue weighted by molar-refractivity contribution is 6.18. The van der Waals surface area contributed by atoms with Gasteiger partial charge < -0.3 is 4.74 Å². The molecule has 0 spiro atoms. The van der Waals surface area contributed by atoms with E-state index in [9.17, 15) is 0 Å². The van der Waals surface area contributed by atoms with E-state index in [0.717, 1.165) is 36.1 Å². The van der Waals surface area contributed by atoms with Crippen LogP contribution in [0, 0.1) is 18.8 Å². The molecule has 0 aliphatic carbocycles. The van der Waals surface area contributed by atoms with Crippen LogP contribution in [0.3, 0.4) is 0 Å². The highest BCUT2D eigenvalue weighted by atomic mass is 35.5. The highest BCUT2D eigenvalue weighted by Gasteiger charge is 2.04. The molecule has 1 rings (SSSR count). The molecule has 1 atom stereocenters. The molecule has 0 aliphatic rings. The van der Waals surface area contributed by atoms with Gasteiger partial charge >= 0.3 is 0 Å². The summed E-state index contributed by atoms with van der Waals surface area (Å²) in [6.45, 7) is 6.33. The van der Waals surface area contributed by atoms with Crippen molar-refractivity contribution in [1.29, 1.82) is 0 Å². The number of halogens is 1. The van der Waals surface area contributed by atoms with Gasteiger partial charge in [-0.05, 0) is 44.0 Å². The van der Waals surface area contributed by atoms with E-state index in [0.29, 0.717) is 5.88 Å². The molecule has 0 saturated carbocycles. The molecule has 1 nitrogen and oxygen atoms in total. The summed E-state index contributed by atoms with van der Waals surface area (Å²) in [5.41, 5.74) is 2.20. The highest BCUT2D eigenvalue weighted by Crippen LogP contribution is 2.19. The van der Waals surface area contributed by atoms with Gasteiger partial charge in [0.15, 0.2) is 0 Å². The fourth-order valence-electron chi connectivity index (χ4n) is 1.75. The van der Waals surface area contributed by atoms with Gasteiger partial charge in [-0.25, -0.2) is 0 Å². The van der Waals surface area contributed by atoms with E-state index < -0.39 is 0 Å². The lowest BCUT2D eigenvalue weighted by molar-refractivity contribution is 0.210. The monoisotopic (exact) mass is 264 g/mol. The van der Waals surface area contributed by atoms with Crippen LogP contribution in [0.2, 0.25) is 0 Å². The normalized spacial score (nSPS) is 11.6. The first-order valence-corrected chi connectivity index (χ1v) is 7.03. The summed E-state index contributed by atoms with van der Waals surface area (Å²) in [6.07, 6.45) is 3.22. The van der Waals surface area contributed by atoms with Gasteiger partial charge in [0.2, 0.25) is 0 Å². The predicted molar refractivity (Wildman–Crippen MR) is 78.4 cm³/mol. The zero-order valence-electron chi connectivity index (χ0n) is 11.4. The molecule has 98 valence electrons. The average Bonchev–Trinajstić information content (AvgIpc) is 2.32. The SMILES string of the molecule is CCCC(C)Oc1ccc(C#CCCCl)c(C)c1. The average molecular weight is 265 g/mol. The Labute approximate surface area is 115 Å². The maximum atomic E-state index is 5.85. The fourth-order valence-corrected chi connectivity index (χ4v) is 1.85. The maximum absolute atomic E-state index is 5.85. The molecule has 1 unspecified atom stereocenters. The van der Waals surface area contributed by atoms with Crippen molar-refractivity contribution in [3.05, 3.63) is 29.3 Å². The molecule has 0 saturated heterocycles. The Kier molecular flexibility index (Phi) is 6.68. The Hall–Kier alpha value is -1.13. The first kappa shape index (κ1) is 14.9. The van der Waals surface area contributed by atoms with Crippen LogP contribution in [0.4, 0.5) is 0 Å². The van der Waals surface area contributed by atoms with E-state index in [1.54, 1.807) is 0 Å². The Balaban J connectivity index is 2.71. The standard InChI is InChI=1S/C16H21ClO/c1-4-7-14(3)18-16-10-9-15(13(2)12-16)8-5-6-11-17/h9-10,12,14H,4,6-7,11H2,1-3H3. The van der Waals surface area contributed by atoms with Crippen molar-refractivity contribution in [2.24, 2.45) is 0 Å². The summed E-state index contributed by atoms with van der Waals surface area (Å²) < 4.78 is 5.85. The molecule has 0 N–H and O–H groups in total. The third-order valence-electron chi connectivity index (χ3n) is 2.67. The predicted octanol–water partition coefficient (Wildman–Crippen LogP) is 4.54.